The number of nitrogens with two attached hydrogens (primary N) is 1. The van der Waals surface area contributed by atoms with Gasteiger partial charge in [0.25, 0.3) is 5.91 Å². The molecule has 0 aliphatic rings. The summed E-state index contributed by atoms with van der Waals surface area (Å²) < 4.78 is 10.4. The number of benzene rings is 1. The number of urea groups is 1. The summed E-state index contributed by atoms with van der Waals surface area (Å²) in [7, 11) is 3.04. The molecule has 1 aromatic carbocycles. The van der Waals surface area contributed by atoms with Crippen LogP contribution in [0.3, 0.4) is 0 Å². The summed E-state index contributed by atoms with van der Waals surface area (Å²) in [5, 5.41) is 5.78. The topological polar surface area (TPSA) is 103 Å². The van der Waals surface area contributed by atoms with E-state index in [1.54, 1.807) is 24.3 Å². The molecular weight excluding hydrogens is 342 g/mol. The van der Waals surface area contributed by atoms with Gasteiger partial charge < -0.3 is 20.5 Å². The van der Waals surface area contributed by atoms with Crippen LogP contribution in [0.5, 0.6) is 11.5 Å². The fourth-order valence-corrected chi connectivity index (χ4v) is 3.20. The predicted molar refractivity (Wildman–Crippen MR) is 99.1 cm³/mol. The van der Waals surface area contributed by atoms with Crippen molar-refractivity contribution < 1.29 is 19.1 Å². The summed E-state index contributed by atoms with van der Waals surface area (Å²) >= 11 is 1.32. The Hall–Kier alpha value is -2.74. The Labute approximate surface area is 150 Å². The van der Waals surface area contributed by atoms with Crippen LogP contribution in [0.15, 0.2) is 24.3 Å². The molecule has 2 rings (SSSR count). The Kier molecular flexibility index (Phi) is 5.87. The van der Waals surface area contributed by atoms with Crippen molar-refractivity contribution >= 4 is 34.0 Å². The van der Waals surface area contributed by atoms with Gasteiger partial charge in [-0.25, -0.2) is 4.79 Å². The van der Waals surface area contributed by atoms with Crippen molar-refractivity contribution in [3.05, 3.63) is 34.7 Å². The van der Waals surface area contributed by atoms with Crippen LogP contribution in [0.2, 0.25) is 0 Å². The summed E-state index contributed by atoms with van der Waals surface area (Å²) in [6, 6.07) is 6.25. The Morgan fingerprint density at radius 1 is 1.12 bits per heavy atom. The minimum atomic E-state index is -0.586. The maximum atomic E-state index is 12.3. The number of methoxy groups -OCH3 is 2. The van der Waals surface area contributed by atoms with Gasteiger partial charge in [-0.15, -0.1) is 11.3 Å². The Morgan fingerprint density at radius 3 is 2.40 bits per heavy atom. The van der Waals surface area contributed by atoms with Crippen LogP contribution >= 0.6 is 11.3 Å². The highest BCUT2D eigenvalue weighted by atomic mass is 32.1. The van der Waals surface area contributed by atoms with Crippen molar-refractivity contribution in [2.24, 2.45) is 5.73 Å². The molecule has 0 radical (unpaired) electrons. The quantitative estimate of drug-likeness (QED) is 0.729. The van der Waals surface area contributed by atoms with E-state index in [1.807, 2.05) is 13.8 Å². The van der Waals surface area contributed by atoms with Crippen LogP contribution < -0.4 is 25.8 Å². The van der Waals surface area contributed by atoms with Gasteiger partial charge in [0.15, 0.2) is 0 Å². The first-order chi connectivity index (χ1) is 11.8. The third-order valence-electron chi connectivity index (χ3n) is 3.47. The third kappa shape index (κ3) is 4.42. The van der Waals surface area contributed by atoms with E-state index >= 15 is 0 Å². The van der Waals surface area contributed by atoms with E-state index in [-0.39, 0.29) is 5.92 Å². The zero-order chi connectivity index (χ0) is 18.6. The van der Waals surface area contributed by atoms with Gasteiger partial charge in [-0.05, 0) is 24.1 Å². The number of amides is 3. The van der Waals surface area contributed by atoms with Gasteiger partial charge in [-0.2, -0.15) is 0 Å². The molecule has 3 amide bonds. The lowest BCUT2D eigenvalue weighted by Gasteiger charge is -2.12. The van der Waals surface area contributed by atoms with Crippen molar-refractivity contribution in [1.82, 2.24) is 0 Å². The first-order valence-electron chi connectivity index (χ1n) is 7.59. The van der Waals surface area contributed by atoms with Crippen LogP contribution in [0.25, 0.3) is 0 Å². The molecule has 0 fully saturated rings. The maximum Gasteiger partial charge on any atom is 0.324 e. The number of carbonyl (C=O) groups excluding carboxylic acids is 2. The van der Waals surface area contributed by atoms with Gasteiger partial charge in [0.1, 0.15) is 16.5 Å². The second-order valence-electron chi connectivity index (χ2n) is 5.56. The van der Waals surface area contributed by atoms with Crippen molar-refractivity contribution in [1.29, 1.82) is 0 Å². The van der Waals surface area contributed by atoms with E-state index in [9.17, 15) is 9.59 Å². The first kappa shape index (κ1) is 18.6. The molecule has 0 atom stereocenters. The number of primary amides is 1. The highest BCUT2D eigenvalue weighted by Crippen LogP contribution is 2.33. The summed E-state index contributed by atoms with van der Waals surface area (Å²) in [5.74, 6) is 0.699. The van der Waals surface area contributed by atoms with Crippen molar-refractivity contribution in [3.8, 4) is 11.5 Å². The molecular formula is C17H21N3O4S. The van der Waals surface area contributed by atoms with E-state index in [2.05, 4.69) is 10.6 Å². The van der Waals surface area contributed by atoms with Crippen molar-refractivity contribution in [2.75, 3.05) is 24.9 Å². The van der Waals surface area contributed by atoms with E-state index in [0.29, 0.717) is 27.8 Å². The fraction of sp³-hybridized carbons (Fsp3) is 0.294. The molecule has 0 aliphatic heterocycles. The smallest absolute Gasteiger partial charge is 0.324 e. The van der Waals surface area contributed by atoms with Crippen LogP contribution in [0.1, 0.15) is 35.0 Å². The number of nitrogens with one attached hydrogen (secondary N) is 2. The standard InChI is InChI=1S/C17H21N3O4S/c1-9(2)14-8-11(15(18)21)16(25-14)20-17(22)19-12-7-10(23-3)5-6-13(12)24-4/h5-9H,1-4H3,(H2,18,21)(H2,19,20,22). The van der Waals surface area contributed by atoms with Gasteiger partial charge >= 0.3 is 6.03 Å². The lowest BCUT2D eigenvalue weighted by molar-refractivity contribution is 0.100. The summed E-state index contributed by atoms with van der Waals surface area (Å²) in [5.41, 5.74) is 6.14. The van der Waals surface area contributed by atoms with Crippen molar-refractivity contribution in [2.45, 2.75) is 19.8 Å². The monoisotopic (exact) mass is 363 g/mol. The Balaban J connectivity index is 2.22. The number of anilines is 2. The molecule has 0 saturated heterocycles. The second-order valence-corrected chi connectivity index (χ2v) is 6.64. The number of hydrogen-bond acceptors (Lipinski definition) is 5. The van der Waals surface area contributed by atoms with Crippen LogP contribution in [-0.4, -0.2) is 26.2 Å². The average molecular weight is 363 g/mol. The van der Waals surface area contributed by atoms with Gasteiger partial charge in [-0.3, -0.25) is 10.1 Å². The number of carbonyl (C=O) groups is 2. The van der Waals surface area contributed by atoms with E-state index in [1.165, 1.54) is 25.6 Å². The van der Waals surface area contributed by atoms with E-state index in [4.69, 9.17) is 15.2 Å². The Bertz CT molecular complexity index is 786. The largest absolute Gasteiger partial charge is 0.497 e. The minimum Gasteiger partial charge on any atom is -0.497 e. The molecule has 134 valence electrons. The normalized spacial score (nSPS) is 10.4. The minimum absolute atomic E-state index is 0.222. The zero-order valence-electron chi connectivity index (χ0n) is 14.5. The zero-order valence-corrected chi connectivity index (χ0v) is 15.3. The molecule has 7 nitrogen and oxygen atoms in total. The van der Waals surface area contributed by atoms with E-state index in [0.717, 1.165) is 4.88 Å². The molecule has 25 heavy (non-hydrogen) atoms. The number of rotatable bonds is 6. The van der Waals surface area contributed by atoms with Crippen molar-refractivity contribution in [3.63, 3.8) is 0 Å². The second kappa shape index (κ2) is 7.89. The highest BCUT2D eigenvalue weighted by Gasteiger charge is 2.18. The van der Waals surface area contributed by atoms with E-state index < -0.39 is 11.9 Å². The predicted octanol–water partition coefficient (Wildman–Crippen LogP) is 3.63. The average Bonchev–Trinajstić information content (AvgIpc) is 2.99. The molecule has 0 bridgehead atoms. The molecule has 2 aromatic rings. The maximum absolute atomic E-state index is 12.3. The fourth-order valence-electron chi connectivity index (χ4n) is 2.14. The highest BCUT2D eigenvalue weighted by molar-refractivity contribution is 7.16. The number of hydrogen-bond donors (Lipinski definition) is 3. The summed E-state index contributed by atoms with van der Waals surface area (Å²) in [6.45, 7) is 4.00. The third-order valence-corrected chi connectivity index (χ3v) is 4.82. The van der Waals surface area contributed by atoms with Gasteiger partial charge in [0.05, 0.1) is 25.5 Å². The molecule has 0 unspecified atom stereocenters. The molecule has 0 saturated carbocycles. The number of thiophene rings is 1. The number of ether oxygens (including phenoxy) is 2. The first-order valence-corrected chi connectivity index (χ1v) is 8.41. The van der Waals surface area contributed by atoms with Gasteiger partial charge in [0, 0.05) is 10.9 Å². The SMILES string of the molecule is COc1ccc(OC)c(NC(=O)Nc2sc(C(C)C)cc2C(N)=O)c1. The van der Waals surface area contributed by atoms with Crippen LogP contribution in [0.4, 0.5) is 15.5 Å². The Morgan fingerprint density at radius 2 is 1.84 bits per heavy atom. The van der Waals surface area contributed by atoms with Crippen LogP contribution in [0, 0.1) is 0 Å². The lowest BCUT2D eigenvalue weighted by Crippen LogP contribution is -2.21. The van der Waals surface area contributed by atoms with Crippen LogP contribution in [-0.2, 0) is 0 Å². The lowest BCUT2D eigenvalue weighted by atomic mass is 10.1. The molecule has 4 N–H and O–H groups in total. The molecule has 1 aromatic heterocycles. The summed E-state index contributed by atoms with van der Waals surface area (Å²) in [4.78, 5) is 24.9. The molecule has 0 spiro atoms. The molecule has 8 heteroatoms. The van der Waals surface area contributed by atoms with Gasteiger partial charge in [0.2, 0.25) is 0 Å². The summed E-state index contributed by atoms with van der Waals surface area (Å²) in [6.07, 6.45) is 0. The molecule has 0 aliphatic carbocycles. The molecule has 1 heterocycles. The van der Waals surface area contributed by atoms with Gasteiger partial charge in [-0.1, -0.05) is 13.8 Å².